The highest BCUT2D eigenvalue weighted by Crippen LogP contribution is 2.26. The lowest BCUT2D eigenvalue weighted by Crippen LogP contribution is -2.24. The molecule has 1 N–H and O–H groups in total. The summed E-state index contributed by atoms with van der Waals surface area (Å²) >= 11 is 1.66. The number of thiazole rings is 1. The first-order chi connectivity index (χ1) is 9.61. The van der Waals surface area contributed by atoms with Crippen LogP contribution in [0.5, 0.6) is 0 Å². The summed E-state index contributed by atoms with van der Waals surface area (Å²) in [5.41, 5.74) is 2.40. The first-order valence-corrected chi connectivity index (χ1v) is 7.72. The van der Waals surface area contributed by atoms with Gasteiger partial charge in [0.2, 0.25) is 0 Å². The number of hydrogen-bond acceptors (Lipinski definition) is 4. The molecule has 0 saturated carbocycles. The highest BCUT2D eigenvalue weighted by atomic mass is 32.1. The predicted octanol–water partition coefficient (Wildman–Crippen LogP) is 4.28. The molecule has 0 atom stereocenters. The topological polar surface area (TPSA) is 34.1 Å². The number of benzene rings is 1. The number of rotatable bonds is 7. The maximum atomic E-state index is 5.15. The Hall–Kier alpha value is -1.39. The van der Waals surface area contributed by atoms with Gasteiger partial charge >= 0.3 is 0 Å². The van der Waals surface area contributed by atoms with E-state index < -0.39 is 0 Å². The molecule has 0 aliphatic heterocycles. The molecule has 0 saturated heterocycles. The third-order valence-electron chi connectivity index (χ3n) is 3.27. The van der Waals surface area contributed by atoms with Gasteiger partial charge < -0.3 is 10.1 Å². The van der Waals surface area contributed by atoms with Gasteiger partial charge in [-0.2, -0.15) is 0 Å². The fourth-order valence-corrected chi connectivity index (χ4v) is 2.60. The lowest BCUT2D eigenvalue weighted by molar-refractivity contribution is 0.157. The van der Waals surface area contributed by atoms with Crippen LogP contribution in [0.3, 0.4) is 0 Å². The largest absolute Gasteiger partial charge is 0.385 e. The summed E-state index contributed by atoms with van der Waals surface area (Å²) in [5.74, 6) is 0. The molecule has 20 heavy (non-hydrogen) atoms. The van der Waals surface area contributed by atoms with E-state index in [0.717, 1.165) is 36.0 Å². The molecule has 3 nitrogen and oxygen atoms in total. The van der Waals surface area contributed by atoms with Gasteiger partial charge in [0.1, 0.15) is 0 Å². The second kappa shape index (κ2) is 6.86. The summed E-state index contributed by atoms with van der Waals surface area (Å²) in [6.45, 7) is 6.18. The Bertz CT molecular complexity index is 522. The van der Waals surface area contributed by atoms with Crippen molar-refractivity contribution >= 4 is 16.5 Å². The van der Waals surface area contributed by atoms with Crippen LogP contribution >= 0.6 is 11.3 Å². The van der Waals surface area contributed by atoms with Crippen LogP contribution in [-0.4, -0.2) is 25.2 Å². The Morgan fingerprint density at radius 3 is 2.70 bits per heavy atom. The van der Waals surface area contributed by atoms with Crippen LogP contribution in [0.2, 0.25) is 0 Å². The summed E-state index contributed by atoms with van der Waals surface area (Å²) in [4.78, 5) is 4.64. The van der Waals surface area contributed by atoms with Crippen LogP contribution in [0.25, 0.3) is 11.3 Å². The Labute approximate surface area is 125 Å². The minimum Gasteiger partial charge on any atom is -0.385 e. The lowest BCUT2D eigenvalue weighted by Gasteiger charge is -2.24. The van der Waals surface area contributed by atoms with Crippen molar-refractivity contribution in [3.05, 3.63) is 35.7 Å². The fraction of sp³-hybridized carbons (Fsp3) is 0.438. The van der Waals surface area contributed by atoms with Crippen LogP contribution in [0, 0.1) is 5.41 Å². The monoisotopic (exact) mass is 290 g/mol. The zero-order valence-corrected chi connectivity index (χ0v) is 13.2. The number of nitrogens with one attached hydrogen (secondary N) is 1. The second-order valence-electron chi connectivity index (χ2n) is 5.66. The van der Waals surface area contributed by atoms with E-state index in [1.807, 2.05) is 18.2 Å². The molecule has 2 rings (SSSR count). The molecule has 0 aliphatic rings. The average molecular weight is 290 g/mol. The van der Waals surface area contributed by atoms with Crippen molar-refractivity contribution in [3.63, 3.8) is 0 Å². The summed E-state index contributed by atoms with van der Waals surface area (Å²) < 4.78 is 5.15. The van der Waals surface area contributed by atoms with E-state index >= 15 is 0 Å². The summed E-state index contributed by atoms with van der Waals surface area (Å²) in [7, 11) is 1.75. The van der Waals surface area contributed by atoms with E-state index in [1.165, 1.54) is 0 Å². The quantitative estimate of drug-likeness (QED) is 0.826. The van der Waals surface area contributed by atoms with Gasteiger partial charge in [0.05, 0.1) is 5.69 Å². The molecular formula is C16H22N2OS. The lowest BCUT2D eigenvalue weighted by atomic mass is 9.90. The molecule has 0 aliphatic carbocycles. The van der Waals surface area contributed by atoms with Gasteiger partial charge in [-0.05, 0) is 11.8 Å². The van der Waals surface area contributed by atoms with E-state index in [-0.39, 0.29) is 5.41 Å². The van der Waals surface area contributed by atoms with E-state index in [9.17, 15) is 0 Å². The van der Waals surface area contributed by atoms with Crippen molar-refractivity contribution in [2.45, 2.75) is 20.3 Å². The van der Waals surface area contributed by atoms with Crippen molar-refractivity contribution in [3.8, 4) is 11.3 Å². The molecule has 0 spiro atoms. The molecule has 108 valence electrons. The van der Waals surface area contributed by atoms with Crippen LogP contribution in [-0.2, 0) is 4.74 Å². The number of nitrogens with zero attached hydrogens (tertiary/aromatic N) is 1. The standard InChI is InChI=1S/C16H22N2OS/c1-16(2,9-10-19-3)12-17-15-18-14(11-20-15)13-7-5-4-6-8-13/h4-8,11H,9-10,12H2,1-3H3,(H,17,18). The van der Waals surface area contributed by atoms with Crippen molar-refractivity contribution in [1.82, 2.24) is 4.98 Å². The van der Waals surface area contributed by atoms with Crippen molar-refractivity contribution in [2.24, 2.45) is 5.41 Å². The molecule has 0 amide bonds. The van der Waals surface area contributed by atoms with Gasteiger partial charge in [0.25, 0.3) is 0 Å². The zero-order chi connectivity index (χ0) is 14.4. The van der Waals surface area contributed by atoms with E-state index in [0.29, 0.717) is 0 Å². The molecule has 1 aromatic heterocycles. The number of hydrogen-bond donors (Lipinski definition) is 1. The maximum absolute atomic E-state index is 5.15. The number of ether oxygens (including phenoxy) is 1. The SMILES string of the molecule is COCCC(C)(C)CNc1nc(-c2ccccc2)cs1. The van der Waals surface area contributed by atoms with Crippen LogP contribution in [0.4, 0.5) is 5.13 Å². The van der Waals surface area contributed by atoms with Gasteiger partial charge in [0.15, 0.2) is 5.13 Å². The van der Waals surface area contributed by atoms with Gasteiger partial charge in [-0.25, -0.2) is 4.98 Å². The summed E-state index contributed by atoms with van der Waals surface area (Å²) in [5, 5.41) is 6.51. The van der Waals surface area contributed by atoms with Crippen molar-refractivity contribution < 1.29 is 4.74 Å². The first kappa shape index (κ1) is 15.0. The second-order valence-corrected chi connectivity index (χ2v) is 6.52. The van der Waals surface area contributed by atoms with Crippen molar-refractivity contribution in [1.29, 1.82) is 0 Å². The Balaban J connectivity index is 1.93. The minimum absolute atomic E-state index is 0.203. The van der Waals surface area contributed by atoms with Crippen molar-refractivity contribution in [2.75, 3.05) is 25.6 Å². The van der Waals surface area contributed by atoms with Crippen LogP contribution < -0.4 is 5.32 Å². The maximum Gasteiger partial charge on any atom is 0.183 e. The molecule has 0 fully saturated rings. The summed E-state index contributed by atoms with van der Waals surface area (Å²) in [6, 6.07) is 10.3. The Morgan fingerprint density at radius 2 is 2.00 bits per heavy atom. The van der Waals surface area contributed by atoms with Gasteiger partial charge in [-0.1, -0.05) is 44.2 Å². The molecule has 0 unspecified atom stereocenters. The number of methoxy groups -OCH3 is 1. The van der Waals surface area contributed by atoms with Gasteiger partial charge in [-0.15, -0.1) is 11.3 Å². The predicted molar refractivity (Wildman–Crippen MR) is 86.3 cm³/mol. The Morgan fingerprint density at radius 1 is 1.25 bits per heavy atom. The Kier molecular flexibility index (Phi) is 5.15. The smallest absolute Gasteiger partial charge is 0.183 e. The number of anilines is 1. The van der Waals surface area contributed by atoms with Crippen LogP contribution in [0.15, 0.2) is 35.7 Å². The molecule has 4 heteroatoms. The van der Waals surface area contributed by atoms with Gasteiger partial charge in [-0.3, -0.25) is 0 Å². The van der Waals surface area contributed by atoms with E-state index in [2.05, 4.69) is 41.7 Å². The molecule has 2 aromatic rings. The van der Waals surface area contributed by atoms with E-state index in [1.54, 1.807) is 18.4 Å². The molecule has 1 heterocycles. The fourth-order valence-electron chi connectivity index (χ4n) is 1.88. The number of aromatic nitrogens is 1. The molecule has 0 radical (unpaired) electrons. The molecular weight excluding hydrogens is 268 g/mol. The average Bonchev–Trinajstić information content (AvgIpc) is 2.93. The van der Waals surface area contributed by atoms with Crippen LogP contribution in [0.1, 0.15) is 20.3 Å². The van der Waals surface area contributed by atoms with E-state index in [4.69, 9.17) is 4.74 Å². The normalized spacial score (nSPS) is 11.6. The summed E-state index contributed by atoms with van der Waals surface area (Å²) in [6.07, 6.45) is 1.04. The third kappa shape index (κ3) is 4.32. The highest BCUT2D eigenvalue weighted by molar-refractivity contribution is 7.14. The zero-order valence-electron chi connectivity index (χ0n) is 12.3. The highest BCUT2D eigenvalue weighted by Gasteiger charge is 2.17. The minimum atomic E-state index is 0.203. The van der Waals surface area contributed by atoms with Gasteiger partial charge in [0, 0.05) is 31.2 Å². The molecule has 0 bridgehead atoms. The third-order valence-corrected chi connectivity index (χ3v) is 4.07. The first-order valence-electron chi connectivity index (χ1n) is 6.84. The molecule has 1 aromatic carbocycles.